The van der Waals surface area contributed by atoms with E-state index in [0.29, 0.717) is 11.9 Å². The molecule has 3 N–H and O–H groups in total. The SMILES string of the molecule is Cc1cc(C)nc(NC(=NC2CCCCC2)NC(=O)NC23CC4CC(CC(C4)C2)C3)n1. The maximum absolute atomic E-state index is 13.1. The van der Waals surface area contributed by atoms with Crippen LogP contribution in [0.2, 0.25) is 0 Å². The number of rotatable bonds is 3. The lowest BCUT2D eigenvalue weighted by molar-refractivity contribution is -0.0132. The van der Waals surface area contributed by atoms with Crippen molar-refractivity contribution in [1.82, 2.24) is 20.6 Å². The van der Waals surface area contributed by atoms with Gasteiger partial charge in [-0.2, -0.15) is 0 Å². The number of hydrogen-bond acceptors (Lipinski definition) is 4. The molecule has 0 spiro atoms. The minimum atomic E-state index is -0.145. The molecule has 1 aromatic rings. The van der Waals surface area contributed by atoms with Crippen molar-refractivity contribution in [2.75, 3.05) is 5.32 Å². The number of carbonyl (C=O) groups excluding carboxylic acids is 1. The predicted molar refractivity (Wildman–Crippen MR) is 122 cm³/mol. The van der Waals surface area contributed by atoms with Crippen LogP contribution in [0, 0.1) is 31.6 Å². The molecule has 0 saturated heterocycles. The zero-order valence-corrected chi connectivity index (χ0v) is 18.9. The van der Waals surface area contributed by atoms with Gasteiger partial charge >= 0.3 is 6.03 Å². The molecule has 0 atom stereocenters. The lowest BCUT2D eigenvalue weighted by Gasteiger charge is -2.56. The first kappa shape index (κ1) is 20.7. The predicted octanol–water partition coefficient (Wildman–Crippen LogP) is 4.46. The van der Waals surface area contributed by atoms with Crippen molar-refractivity contribution < 1.29 is 4.79 Å². The Kier molecular flexibility index (Phi) is 5.61. The normalized spacial score (nSPS) is 32.7. The van der Waals surface area contributed by atoms with Crippen molar-refractivity contribution in [3.63, 3.8) is 0 Å². The Balaban J connectivity index is 1.30. The number of urea groups is 1. The number of nitrogens with zero attached hydrogens (tertiary/aromatic N) is 3. The fraction of sp³-hybridized carbons (Fsp3) is 0.750. The molecule has 1 heterocycles. The number of carbonyl (C=O) groups is 1. The topological polar surface area (TPSA) is 91.3 Å². The van der Waals surface area contributed by atoms with Gasteiger partial charge < -0.3 is 5.32 Å². The first-order chi connectivity index (χ1) is 14.9. The largest absolute Gasteiger partial charge is 0.332 e. The van der Waals surface area contributed by atoms with Gasteiger partial charge in [-0.3, -0.25) is 10.6 Å². The van der Waals surface area contributed by atoms with E-state index in [-0.39, 0.29) is 17.6 Å². The number of hydrogen-bond donors (Lipinski definition) is 3. The Morgan fingerprint density at radius 2 is 1.55 bits per heavy atom. The van der Waals surface area contributed by atoms with Crippen LogP contribution in [0.1, 0.15) is 82.0 Å². The van der Waals surface area contributed by atoms with Gasteiger partial charge in [0.1, 0.15) is 0 Å². The maximum atomic E-state index is 13.1. The molecule has 7 heteroatoms. The first-order valence-corrected chi connectivity index (χ1v) is 12.2. The average molecular weight is 425 g/mol. The monoisotopic (exact) mass is 424 g/mol. The second-order valence-corrected chi connectivity index (χ2v) is 10.6. The van der Waals surface area contributed by atoms with Gasteiger partial charge in [-0.05, 0) is 89.0 Å². The molecule has 6 rings (SSSR count). The van der Waals surface area contributed by atoms with Crippen LogP contribution in [-0.2, 0) is 0 Å². The lowest BCUT2D eigenvalue weighted by Crippen LogP contribution is -2.62. The molecule has 5 fully saturated rings. The summed E-state index contributed by atoms with van der Waals surface area (Å²) < 4.78 is 0. The van der Waals surface area contributed by atoms with E-state index in [2.05, 4.69) is 25.9 Å². The summed E-state index contributed by atoms with van der Waals surface area (Å²) in [5.41, 5.74) is 1.76. The number of anilines is 1. The van der Waals surface area contributed by atoms with Crippen molar-refractivity contribution in [1.29, 1.82) is 0 Å². The first-order valence-electron chi connectivity index (χ1n) is 12.2. The van der Waals surface area contributed by atoms with Crippen molar-refractivity contribution in [2.24, 2.45) is 22.7 Å². The summed E-state index contributed by atoms with van der Waals surface area (Å²) in [7, 11) is 0. The van der Waals surface area contributed by atoms with Crippen LogP contribution >= 0.6 is 0 Å². The van der Waals surface area contributed by atoms with Gasteiger partial charge in [0.05, 0.1) is 6.04 Å². The van der Waals surface area contributed by atoms with Gasteiger partial charge in [0.15, 0.2) is 0 Å². The van der Waals surface area contributed by atoms with E-state index in [9.17, 15) is 4.79 Å². The van der Waals surface area contributed by atoms with E-state index >= 15 is 0 Å². The Labute approximate surface area is 185 Å². The zero-order chi connectivity index (χ0) is 21.4. The van der Waals surface area contributed by atoms with Crippen LogP contribution in [0.5, 0.6) is 0 Å². The van der Waals surface area contributed by atoms with Gasteiger partial charge in [-0.25, -0.2) is 19.8 Å². The van der Waals surface area contributed by atoms with Crippen molar-refractivity contribution in [3.05, 3.63) is 17.5 Å². The summed E-state index contributed by atoms with van der Waals surface area (Å²) in [6.07, 6.45) is 13.3. The van der Waals surface area contributed by atoms with Crippen LogP contribution in [-0.4, -0.2) is 33.5 Å². The second-order valence-electron chi connectivity index (χ2n) is 10.6. The number of aryl methyl sites for hydroxylation is 2. The van der Waals surface area contributed by atoms with E-state index in [4.69, 9.17) is 4.99 Å². The van der Waals surface area contributed by atoms with Crippen molar-refractivity contribution >= 4 is 17.9 Å². The van der Waals surface area contributed by atoms with E-state index in [1.807, 2.05) is 19.9 Å². The van der Waals surface area contributed by atoms with Crippen molar-refractivity contribution in [3.8, 4) is 0 Å². The molecule has 0 unspecified atom stereocenters. The highest BCUT2D eigenvalue weighted by Gasteiger charge is 2.51. The van der Waals surface area contributed by atoms with E-state index < -0.39 is 0 Å². The molecule has 0 radical (unpaired) electrons. The fourth-order valence-electron chi connectivity index (χ4n) is 7.02. The van der Waals surface area contributed by atoms with Gasteiger partial charge in [0.2, 0.25) is 11.9 Å². The molecular formula is C24H36N6O. The average Bonchev–Trinajstić information content (AvgIpc) is 2.66. The summed E-state index contributed by atoms with van der Waals surface area (Å²) in [4.78, 5) is 27.0. The van der Waals surface area contributed by atoms with E-state index in [1.165, 1.54) is 38.5 Å². The minimum absolute atomic E-state index is 0.0226. The Morgan fingerprint density at radius 3 is 2.13 bits per heavy atom. The highest BCUT2D eigenvalue weighted by atomic mass is 16.2. The smallest absolute Gasteiger partial charge is 0.321 e. The summed E-state index contributed by atoms with van der Waals surface area (Å²) in [5.74, 6) is 3.34. The molecule has 0 aromatic carbocycles. The molecule has 31 heavy (non-hydrogen) atoms. The standard InChI is InChI=1S/C24H36N6O/c1-15-8-16(2)26-21(25-15)28-22(27-20-6-4-3-5-7-20)29-23(31)30-24-12-17-9-18(13-24)11-19(10-17)14-24/h8,17-20H,3-7,9-14H2,1-2H3,(H3,25,26,27,28,29,30,31). The Morgan fingerprint density at radius 1 is 0.968 bits per heavy atom. The number of amides is 2. The number of guanidine groups is 1. The third-order valence-electron chi connectivity index (χ3n) is 7.75. The third kappa shape index (κ3) is 4.85. The molecule has 7 nitrogen and oxygen atoms in total. The maximum Gasteiger partial charge on any atom is 0.321 e. The number of aromatic nitrogens is 2. The summed E-state index contributed by atoms with van der Waals surface area (Å²) >= 11 is 0. The molecule has 1 aromatic heterocycles. The molecular weight excluding hydrogens is 388 g/mol. The van der Waals surface area contributed by atoms with Crippen LogP contribution in [0.15, 0.2) is 11.1 Å². The summed E-state index contributed by atoms with van der Waals surface area (Å²) in [5, 5.41) is 9.63. The molecule has 4 bridgehead atoms. The van der Waals surface area contributed by atoms with Gasteiger partial charge in [0, 0.05) is 16.9 Å². The molecule has 2 amide bonds. The zero-order valence-electron chi connectivity index (χ0n) is 18.9. The fourth-order valence-corrected chi connectivity index (χ4v) is 7.02. The second kappa shape index (κ2) is 8.40. The van der Waals surface area contributed by atoms with Gasteiger partial charge in [-0.15, -0.1) is 0 Å². The van der Waals surface area contributed by atoms with Gasteiger partial charge in [0.25, 0.3) is 0 Å². The molecule has 5 saturated carbocycles. The van der Waals surface area contributed by atoms with Crippen LogP contribution in [0.25, 0.3) is 0 Å². The quantitative estimate of drug-likeness (QED) is 0.493. The minimum Gasteiger partial charge on any atom is -0.332 e. The van der Waals surface area contributed by atoms with E-state index in [0.717, 1.165) is 61.2 Å². The Bertz CT molecular complexity index is 804. The lowest BCUT2D eigenvalue weighted by atomic mass is 9.53. The third-order valence-corrected chi connectivity index (χ3v) is 7.75. The molecule has 5 aliphatic rings. The number of nitrogens with one attached hydrogen (secondary N) is 3. The van der Waals surface area contributed by atoms with Gasteiger partial charge in [-0.1, -0.05) is 19.3 Å². The molecule has 5 aliphatic carbocycles. The summed E-state index contributed by atoms with van der Waals surface area (Å²) in [6, 6.07) is 2.03. The number of aliphatic imine (C=N–C) groups is 1. The van der Waals surface area contributed by atoms with Crippen molar-refractivity contribution in [2.45, 2.75) is 96.1 Å². The Hall–Kier alpha value is -2.18. The van der Waals surface area contributed by atoms with Crippen LogP contribution in [0.4, 0.5) is 10.7 Å². The highest BCUT2D eigenvalue weighted by Crippen LogP contribution is 2.55. The molecule has 0 aliphatic heterocycles. The van der Waals surface area contributed by atoms with E-state index in [1.54, 1.807) is 0 Å². The molecule has 168 valence electrons. The van der Waals surface area contributed by atoms with Crippen LogP contribution in [0.3, 0.4) is 0 Å². The van der Waals surface area contributed by atoms with Crippen LogP contribution < -0.4 is 16.0 Å². The highest BCUT2D eigenvalue weighted by molar-refractivity contribution is 6.03. The summed E-state index contributed by atoms with van der Waals surface area (Å²) in [6.45, 7) is 3.90.